The number of amides is 2. The van der Waals surface area contributed by atoms with E-state index >= 15 is 0 Å². The number of rotatable bonds is 9. The molecule has 0 unspecified atom stereocenters. The van der Waals surface area contributed by atoms with Crippen molar-refractivity contribution in [3.05, 3.63) is 35.9 Å². The molecular formula is C27H41N3O3. The van der Waals surface area contributed by atoms with Crippen molar-refractivity contribution < 1.29 is 14.7 Å². The van der Waals surface area contributed by atoms with Gasteiger partial charge in [-0.25, -0.2) is 4.79 Å². The fourth-order valence-electron chi connectivity index (χ4n) is 6.41. The summed E-state index contributed by atoms with van der Waals surface area (Å²) in [4.78, 5) is 31.2. The van der Waals surface area contributed by atoms with Crippen molar-refractivity contribution in [2.75, 3.05) is 33.2 Å². The third-order valence-corrected chi connectivity index (χ3v) is 8.51. The van der Waals surface area contributed by atoms with Crippen molar-refractivity contribution in [3.8, 4) is 0 Å². The number of urea groups is 1. The van der Waals surface area contributed by atoms with Crippen LogP contribution in [0.2, 0.25) is 0 Å². The standard InChI is InChI=1S/C27H41N3O3/c1-21(2)18-28(3)27(23-10-5-4-6-11-23)15-13-26(14-16-27)20-29(17-12-24(31)32)25(33)30(26)19-22-8-7-9-22/h4-6,10-11,21-22H,7-9,12-20H2,1-3H3,(H,31,32)/t26-,27+. The molecule has 3 aliphatic rings. The van der Waals surface area contributed by atoms with Crippen molar-refractivity contribution >= 4 is 12.0 Å². The molecule has 0 aromatic heterocycles. The molecule has 0 bridgehead atoms. The van der Waals surface area contributed by atoms with Gasteiger partial charge in [-0.15, -0.1) is 0 Å². The molecule has 2 amide bonds. The van der Waals surface area contributed by atoms with E-state index in [-0.39, 0.29) is 23.5 Å². The Morgan fingerprint density at radius 1 is 1.15 bits per heavy atom. The Morgan fingerprint density at radius 3 is 2.36 bits per heavy atom. The third-order valence-electron chi connectivity index (χ3n) is 8.51. The maximum absolute atomic E-state index is 13.4. The van der Waals surface area contributed by atoms with Crippen LogP contribution in [-0.2, 0) is 10.3 Å². The van der Waals surface area contributed by atoms with Gasteiger partial charge in [0.2, 0.25) is 0 Å². The second kappa shape index (κ2) is 9.65. The van der Waals surface area contributed by atoms with Crippen molar-refractivity contribution in [2.45, 2.75) is 76.3 Å². The first-order valence-corrected chi connectivity index (χ1v) is 12.8. The number of nitrogens with zero attached hydrogens (tertiary/aromatic N) is 3. The smallest absolute Gasteiger partial charge is 0.320 e. The highest BCUT2D eigenvalue weighted by molar-refractivity contribution is 5.79. The van der Waals surface area contributed by atoms with Crippen LogP contribution < -0.4 is 0 Å². The number of carbonyl (C=O) groups excluding carboxylic acids is 1. The summed E-state index contributed by atoms with van der Waals surface area (Å²) in [5, 5.41) is 9.19. The first-order valence-electron chi connectivity index (χ1n) is 12.8. The van der Waals surface area contributed by atoms with Crippen LogP contribution in [-0.4, -0.2) is 70.6 Å². The maximum Gasteiger partial charge on any atom is 0.320 e. The lowest BCUT2D eigenvalue weighted by Crippen LogP contribution is -2.57. The van der Waals surface area contributed by atoms with Crippen LogP contribution in [0.1, 0.15) is 70.8 Å². The third kappa shape index (κ3) is 4.77. The summed E-state index contributed by atoms with van der Waals surface area (Å²) in [5.74, 6) is 0.354. The van der Waals surface area contributed by atoms with Gasteiger partial charge >= 0.3 is 12.0 Å². The van der Waals surface area contributed by atoms with Gasteiger partial charge in [-0.3, -0.25) is 9.69 Å². The molecule has 1 aliphatic heterocycles. The first kappa shape index (κ1) is 24.1. The van der Waals surface area contributed by atoms with E-state index in [1.54, 1.807) is 0 Å². The summed E-state index contributed by atoms with van der Waals surface area (Å²) in [6, 6.07) is 11.0. The number of hydrogen-bond donors (Lipinski definition) is 1. The molecule has 1 spiro atoms. The van der Waals surface area contributed by atoms with Gasteiger partial charge in [0.1, 0.15) is 0 Å². The fourth-order valence-corrected chi connectivity index (χ4v) is 6.41. The second-order valence-corrected chi connectivity index (χ2v) is 11.2. The van der Waals surface area contributed by atoms with Gasteiger partial charge in [-0.1, -0.05) is 50.6 Å². The summed E-state index contributed by atoms with van der Waals surface area (Å²) in [6.07, 6.45) is 7.66. The van der Waals surface area contributed by atoms with E-state index in [9.17, 15) is 14.7 Å². The van der Waals surface area contributed by atoms with Crippen molar-refractivity contribution in [3.63, 3.8) is 0 Å². The summed E-state index contributed by atoms with van der Waals surface area (Å²) in [6.45, 7) is 7.41. The Balaban J connectivity index is 1.58. The van der Waals surface area contributed by atoms with Gasteiger partial charge in [-0.05, 0) is 63.0 Å². The minimum atomic E-state index is -0.837. The Bertz CT molecular complexity index is 828. The molecule has 4 rings (SSSR count). The SMILES string of the molecule is CC(C)CN(C)[C@]1(c2ccccc2)CC[C@]2(CC1)CN(CCC(=O)O)C(=O)N2CC1CCC1. The Morgan fingerprint density at radius 2 is 1.82 bits per heavy atom. The lowest BCUT2D eigenvalue weighted by Gasteiger charge is -2.52. The monoisotopic (exact) mass is 455 g/mol. The average molecular weight is 456 g/mol. The minimum absolute atomic E-state index is 0.0174. The van der Waals surface area contributed by atoms with Gasteiger partial charge in [-0.2, -0.15) is 0 Å². The van der Waals surface area contributed by atoms with E-state index < -0.39 is 5.97 Å². The molecule has 1 saturated heterocycles. The van der Waals surface area contributed by atoms with Crippen molar-refractivity contribution in [2.24, 2.45) is 11.8 Å². The molecule has 2 aliphatic carbocycles. The molecular weight excluding hydrogens is 414 g/mol. The maximum atomic E-state index is 13.4. The predicted molar refractivity (Wildman–Crippen MR) is 130 cm³/mol. The number of benzene rings is 1. The number of hydrogen-bond acceptors (Lipinski definition) is 3. The molecule has 0 atom stereocenters. The molecule has 33 heavy (non-hydrogen) atoms. The molecule has 1 heterocycles. The van der Waals surface area contributed by atoms with E-state index in [1.807, 2.05) is 4.90 Å². The van der Waals surface area contributed by atoms with Crippen molar-refractivity contribution in [1.29, 1.82) is 0 Å². The minimum Gasteiger partial charge on any atom is -0.481 e. The van der Waals surface area contributed by atoms with Crippen LogP contribution in [0.15, 0.2) is 30.3 Å². The highest BCUT2D eigenvalue weighted by Gasteiger charge is 2.55. The van der Waals surface area contributed by atoms with E-state index in [0.29, 0.717) is 24.9 Å². The molecule has 1 aromatic rings. The van der Waals surface area contributed by atoms with E-state index in [4.69, 9.17) is 0 Å². The molecule has 3 fully saturated rings. The predicted octanol–water partition coefficient (Wildman–Crippen LogP) is 4.79. The zero-order valence-electron chi connectivity index (χ0n) is 20.6. The fraction of sp³-hybridized carbons (Fsp3) is 0.704. The number of aliphatic carboxylic acids is 1. The quantitative estimate of drug-likeness (QED) is 0.581. The lowest BCUT2D eigenvalue weighted by atomic mass is 9.67. The molecule has 0 radical (unpaired) electrons. The van der Waals surface area contributed by atoms with Crippen LogP contribution in [0.25, 0.3) is 0 Å². The van der Waals surface area contributed by atoms with Crippen LogP contribution >= 0.6 is 0 Å². The van der Waals surface area contributed by atoms with Crippen LogP contribution in [0.5, 0.6) is 0 Å². The van der Waals surface area contributed by atoms with Gasteiger partial charge < -0.3 is 14.9 Å². The largest absolute Gasteiger partial charge is 0.481 e. The van der Waals surface area contributed by atoms with Gasteiger partial charge in [0.05, 0.1) is 12.0 Å². The molecule has 182 valence electrons. The van der Waals surface area contributed by atoms with E-state index in [0.717, 1.165) is 38.8 Å². The number of carboxylic acid groups (broad SMARTS) is 1. The highest BCUT2D eigenvalue weighted by atomic mass is 16.4. The summed E-state index contributed by atoms with van der Waals surface area (Å²) < 4.78 is 0. The van der Waals surface area contributed by atoms with Crippen LogP contribution in [0.4, 0.5) is 4.79 Å². The first-order chi connectivity index (χ1) is 15.8. The summed E-state index contributed by atoms with van der Waals surface area (Å²) in [5.41, 5.74) is 1.19. The normalized spacial score (nSPS) is 28.2. The van der Waals surface area contributed by atoms with E-state index in [2.05, 4.69) is 61.0 Å². The highest BCUT2D eigenvalue weighted by Crippen LogP contribution is 2.50. The Hall–Kier alpha value is -2.08. The molecule has 6 heteroatoms. The average Bonchev–Trinajstić information content (AvgIpc) is 3.00. The molecule has 1 aromatic carbocycles. The molecule has 6 nitrogen and oxygen atoms in total. The Kier molecular flexibility index (Phi) is 7.04. The van der Waals surface area contributed by atoms with Crippen LogP contribution in [0.3, 0.4) is 0 Å². The number of carbonyl (C=O) groups is 2. The summed E-state index contributed by atoms with van der Waals surface area (Å²) >= 11 is 0. The molecule has 2 saturated carbocycles. The van der Waals surface area contributed by atoms with Gasteiger partial charge in [0.15, 0.2) is 0 Å². The topological polar surface area (TPSA) is 64.1 Å². The summed E-state index contributed by atoms with van der Waals surface area (Å²) in [7, 11) is 2.26. The van der Waals surface area contributed by atoms with Gasteiger partial charge in [0.25, 0.3) is 0 Å². The van der Waals surface area contributed by atoms with Crippen LogP contribution in [0, 0.1) is 11.8 Å². The number of carboxylic acids is 1. The lowest BCUT2D eigenvalue weighted by molar-refractivity contribution is -0.137. The zero-order valence-corrected chi connectivity index (χ0v) is 20.6. The zero-order chi connectivity index (χ0) is 23.6. The molecule has 1 N–H and O–H groups in total. The second-order valence-electron chi connectivity index (χ2n) is 11.2. The van der Waals surface area contributed by atoms with E-state index in [1.165, 1.54) is 24.8 Å². The Labute approximate surface area is 198 Å². The van der Waals surface area contributed by atoms with Crippen molar-refractivity contribution in [1.82, 2.24) is 14.7 Å². The van der Waals surface area contributed by atoms with Gasteiger partial charge in [0, 0.05) is 31.7 Å².